The molecule has 4 heteroatoms. The average molecular weight is 361 g/mol. The lowest BCUT2D eigenvalue weighted by Crippen LogP contribution is -1.85. The molecule has 1 aliphatic carbocycles. The van der Waals surface area contributed by atoms with Crippen molar-refractivity contribution in [2.45, 2.75) is 18.8 Å². The van der Waals surface area contributed by atoms with Crippen molar-refractivity contribution >= 4 is 33.9 Å². The number of hydrogen-bond donors (Lipinski definition) is 0. The molecule has 0 spiro atoms. The monoisotopic (exact) mass is 361 g/mol. The second kappa shape index (κ2) is 4.30. The van der Waals surface area contributed by atoms with Gasteiger partial charge in [-0.15, -0.1) is 0 Å². The van der Waals surface area contributed by atoms with E-state index in [0.717, 1.165) is 28.2 Å². The van der Waals surface area contributed by atoms with Crippen LogP contribution in [0.2, 0.25) is 0 Å². The summed E-state index contributed by atoms with van der Waals surface area (Å²) in [5.41, 5.74) is 4.55. The predicted octanol–water partition coefficient (Wildman–Crippen LogP) is 4.17. The summed E-state index contributed by atoms with van der Waals surface area (Å²) in [5, 5.41) is 1.16. The van der Waals surface area contributed by atoms with Crippen LogP contribution >= 0.6 is 22.9 Å². The summed E-state index contributed by atoms with van der Waals surface area (Å²) >= 11 is 2.26. The van der Waals surface area contributed by atoms with Gasteiger partial charge in [0.15, 0.2) is 0 Å². The van der Waals surface area contributed by atoms with Crippen molar-refractivity contribution in [1.29, 1.82) is 0 Å². The van der Waals surface area contributed by atoms with E-state index in [-0.39, 0.29) is 0 Å². The van der Waals surface area contributed by atoms with Crippen LogP contribution in [-0.4, -0.2) is 12.7 Å². The molecule has 0 amide bonds. The maximum Gasteiger partial charge on any atom is 0.149 e. The van der Waals surface area contributed by atoms with Gasteiger partial charge in [0.2, 0.25) is 0 Å². The Morgan fingerprint density at radius 2 is 2.05 bits per heavy atom. The molecule has 1 aliphatic rings. The summed E-state index contributed by atoms with van der Waals surface area (Å²) in [6, 6.07) is 8.42. The Balaban J connectivity index is 1.84. The number of aromatic nitrogens is 3. The van der Waals surface area contributed by atoms with Gasteiger partial charge in [-0.2, -0.15) is 0 Å². The van der Waals surface area contributed by atoms with Crippen molar-refractivity contribution in [2.75, 3.05) is 0 Å². The van der Waals surface area contributed by atoms with E-state index >= 15 is 0 Å². The second-order valence-electron chi connectivity index (χ2n) is 4.98. The fourth-order valence-electron chi connectivity index (χ4n) is 2.45. The minimum atomic E-state index is 0.758. The van der Waals surface area contributed by atoms with Crippen LogP contribution in [0.15, 0.2) is 42.9 Å². The van der Waals surface area contributed by atoms with Crippen LogP contribution in [0.25, 0.3) is 22.3 Å². The first-order chi connectivity index (χ1) is 9.33. The molecule has 94 valence electrons. The van der Waals surface area contributed by atoms with Gasteiger partial charge in [0.1, 0.15) is 5.65 Å². The van der Waals surface area contributed by atoms with E-state index in [9.17, 15) is 0 Å². The zero-order chi connectivity index (χ0) is 12.8. The van der Waals surface area contributed by atoms with Crippen molar-refractivity contribution < 1.29 is 0 Å². The Labute approximate surface area is 125 Å². The zero-order valence-electron chi connectivity index (χ0n) is 10.3. The normalized spacial score (nSPS) is 15.0. The molecule has 3 heterocycles. The minimum absolute atomic E-state index is 0.758. The topological polar surface area (TPSA) is 30.7 Å². The van der Waals surface area contributed by atoms with E-state index < -0.39 is 0 Å². The third kappa shape index (κ3) is 1.94. The molecule has 1 fully saturated rings. The molecule has 0 radical (unpaired) electrons. The molecule has 3 aromatic rings. The number of rotatable bonds is 2. The molecule has 0 unspecified atom stereocenters. The summed E-state index contributed by atoms with van der Waals surface area (Å²) in [7, 11) is 0. The van der Waals surface area contributed by atoms with Crippen molar-refractivity contribution in [3.63, 3.8) is 0 Å². The molecule has 19 heavy (non-hydrogen) atoms. The van der Waals surface area contributed by atoms with E-state index in [0.29, 0.717) is 0 Å². The molecule has 0 bridgehead atoms. The first-order valence-electron chi connectivity index (χ1n) is 6.41. The van der Waals surface area contributed by atoms with Crippen LogP contribution in [-0.2, 0) is 0 Å². The quantitative estimate of drug-likeness (QED) is 0.642. The number of hydrogen-bond acceptors (Lipinski definition) is 2. The van der Waals surface area contributed by atoms with Crippen molar-refractivity contribution in [1.82, 2.24) is 12.7 Å². The lowest BCUT2D eigenvalue weighted by molar-refractivity contribution is 1.10. The molecule has 1 saturated carbocycles. The van der Waals surface area contributed by atoms with Gasteiger partial charge < -0.3 is 0 Å². The molecule has 3 aromatic heterocycles. The van der Waals surface area contributed by atoms with Gasteiger partial charge in [-0.3, -0.25) is 7.76 Å². The van der Waals surface area contributed by atoms with E-state index in [4.69, 9.17) is 0 Å². The van der Waals surface area contributed by atoms with E-state index in [1.807, 2.05) is 21.2 Å². The highest BCUT2D eigenvalue weighted by Crippen LogP contribution is 2.40. The highest BCUT2D eigenvalue weighted by Gasteiger charge is 2.23. The third-order valence-electron chi connectivity index (χ3n) is 3.63. The van der Waals surface area contributed by atoms with Crippen LogP contribution in [0.1, 0.15) is 24.3 Å². The van der Waals surface area contributed by atoms with Gasteiger partial charge in [0, 0.05) is 29.5 Å². The Morgan fingerprint density at radius 1 is 1.16 bits per heavy atom. The van der Waals surface area contributed by atoms with Crippen LogP contribution in [0.4, 0.5) is 0 Å². The van der Waals surface area contributed by atoms with Gasteiger partial charge in [0.05, 0.1) is 28.6 Å². The van der Waals surface area contributed by atoms with E-state index in [2.05, 4.69) is 57.2 Å². The van der Waals surface area contributed by atoms with Crippen LogP contribution < -0.4 is 0 Å². The third-order valence-corrected chi connectivity index (χ3v) is 4.37. The highest BCUT2D eigenvalue weighted by atomic mass is 127. The SMILES string of the molecule is In1cc(-c2ccc(C3CC3)cn2)c2cccnc21. The van der Waals surface area contributed by atoms with Gasteiger partial charge >= 0.3 is 0 Å². The van der Waals surface area contributed by atoms with Crippen molar-refractivity contribution in [3.8, 4) is 11.3 Å². The largest absolute Gasteiger partial charge is 0.273 e. The summed E-state index contributed by atoms with van der Waals surface area (Å²) in [4.78, 5) is 9.04. The van der Waals surface area contributed by atoms with Gasteiger partial charge in [-0.25, -0.2) is 4.98 Å². The van der Waals surface area contributed by atoms with Crippen molar-refractivity contribution in [2.24, 2.45) is 0 Å². The van der Waals surface area contributed by atoms with E-state index in [1.54, 1.807) is 0 Å². The molecular formula is C15H12IN3. The zero-order valence-corrected chi connectivity index (χ0v) is 12.4. The maximum atomic E-state index is 4.63. The Bertz CT molecular complexity index is 742. The number of fused-ring (bicyclic) bond motifs is 1. The molecular weight excluding hydrogens is 349 g/mol. The standard InChI is InChI=1S/C15H12IN3/c16-19-9-13(12-2-1-7-17-15(12)19)14-6-5-11(8-18-14)10-3-4-10/h1-2,5-10H,3-4H2. The lowest BCUT2D eigenvalue weighted by Gasteiger charge is -2.01. The predicted molar refractivity (Wildman–Crippen MR) is 84.4 cm³/mol. The van der Waals surface area contributed by atoms with Gasteiger partial charge in [0.25, 0.3) is 0 Å². The molecule has 3 nitrogen and oxygen atoms in total. The lowest BCUT2D eigenvalue weighted by atomic mass is 10.1. The maximum absolute atomic E-state index is 4.63. The van der Waals surface area contributed by atoms with Crippen LogP contribution in [0, 0.1) is 0 Å². The van der Waals surface area contributed by atoms with E-state index in [1.165, 1.54) is 18.4 Å². The Kier molecular flexibility index (Phi) is 2.58. The minimum Gasteiger partial charge on any atom is -0.273 e. The first kappa shape index (κ1) is 11.4. The number of pyridine rings is 2. The molecule has 0 aliphatic heterocycles. The number of halogens is 1. The highest BCUT2D eigenvalue weighted by molar-refractivity contribution is 14.1. The molecule has 0 aromatic carbocycles. The Hall–Kier alpha value is -1.43. The Morgan fingerprint density at radius 3 is 2.79 bits per heavy atom. The summed E-state index contributed by atoms with van der Waals surface area (Å²) in [6.07, 6.45) is 8.58. The second-order valence-corrected chi connectivity index (χ2v) is 6.02. The fourth-order valence-corrected chi connectivity index (χ4v) is 3.11. The summed E-state index contributed by atoms with van der Waals surface area (Å²) in [5.74, 6) is 0.758. The molecule has 4 rings (SSSR count). The van der Waals surface area contributed by atoms with Crippen LogP contribution in [0.3, 0.4) is 0 Å². The molecule has 0 atom stereocenters. The first-order valence-corrected chi connectivity index (χ1v) is 7.38. The van der Waals surface area contributed by atoms with Gasteiger partial charge in [-0.1, -0.05) is 6.07 Å². The molecule has 0 saturated heterocycles. The summed E-state index contributed by atoms with van der Waals surface area (Å²) < 4.78 is 2.03. The summed E-state index contributed by atoms with van der Waals surface area (Å²) in [6.45, 7) is 0. The smallest absolute Gasteiger partial charge is 0.149 e. The fraction of sp³-hybridized carbons (Fsp3) is 0.200. The van der Waals surface area contributed by atoms with Gasteiger partial charge in [-0.05, 0) is 42.5 Å². The molecule has 0 N–H and O–H groups in total. The average Bonchev–Trinajstić information content (AvgIpc) is 3.25. The van der Waals surface area contributed by atoms with Crippen LogP contribution in [0.5, 0.6) is 0 Å². The number of nitrogens with zero attached hydrogens (tertiary/aromatic N) is 3. The van der Waals surface area contributed by atoms with Crippen molar-refractivity contribution in [3.05, 3.63) is 48.4 Å².